The maximum Gasteiger partial charge on any atom is 0.184 e. The molecule has 2 rings (SSSR count). The van der Waals surface area contributed by atoms with Crippen LogP contribution >= 0.6 is 0 Å². The second kappa shape index (κ2) is 3.59. The molecule has 0 aromatic heterocycles. The molecule has 0 aliphatic carbocycles. The third-order valence-corrected chi connectivity index (χ3v) is 2.63. The van der Waals surface area contributed by atoms with Crippen LogP contribution in [0.1, 0.15) is 19.4 Å². The number of rotatable bonds is 1. The van der Waals surface area contributed by atoms with Crippen molar-refractivity contribution in [2.75, 3.05) is 5.32 Å². The van der Waals surface area contributed by atoms with Crippen molar-refractivity contribution in [1.82, 2.24) is 4.90 Å². The Morgan fingerprint density at radius 2 is 2.14 bits per heavy atom. The van der Waals surface area contributed by atoms with Crippen molar-refractivity contribution in [2.24, 2.45) is 0 Å². The van der Waals surface area contributed by atoms with Gasteiger partial charge in [0.25, 0.3) is 0 Å². The number of nitrogens with zero attached hydrogens (tertiary/aromatic N) is 1. The highest BCUT2D eigenvalue weighted by Crippen LogP contribution is 2.25. The van der Waals surface area contributed by atoms with Crippen LogP contribution in [0, 0.1) is 0 Å². The maximum atomic E-state index is 9.80. The Morgan fingerprint density at radius 1 is 1.43 bits per heavy atom. The van der Waals surface area contributed by atoms with Crippen LogP contribution in [0.5, 0.6) is 0 Å². The summed E-state index contributed by atoms with van der Waals surface area (Å²) in [6.45, 7) is 4.97. The van der Waals surface area contributed by atoms with Gasteiger partial charge < -0.3 is 10.4 Å². The lowest BCUT2D eigenvalue weighted by Crippen LogP contribution is -2.47. The van der Waals surface area contributed by atoms with E-state index in [0.717, 1.165) is 12.2 Å². The SMILES string of the molecule is CC(C)N1Cc2ccccc2NC1O. The van der Waals surface area contributed by atoms with E-state index in [1.807, 2.05) is 23.1 Å². The average Bonchev–Trinajstić information content (AvgIpc) is 2.16. The van der Waals surface area contributed by atoms with Gasteiger partial charge >= 0.3 is 0 Å². The first-order valence-corrected chi connectivity index (χ1v) is 4.97. The first-order chi connectivity index (χ1) is 6.68. The van der Waals surface area contributed by atoms with Crippen LogP contribution < -0.4 is 5.32 Å². The van der Waals surface area contributed by atoms with Gasteiger partial charge in [0.2, 0.25) is 0 Å². The molecule has 0 amide bonds. The van der Waals surface area contributed by atoms with Crippen LogP contribution in [0.25, 0.3) is 0 Å². The molecule has 0 radical (unpaired) electrons. The van der Waals surface area contributed by atoms with Crippen molar-refractivity contribution in [2.45, 2.75) is 32.8 Å². The van der Waals surface area contributed by atoms with E-state index in [2.05, 4.69) is 25.2 Å². The topological polar surface area (TPSA) is 35.5 Å². The molecular formula is C11H16N2O. The number of hydrogen-bond acceptors (Lipinski definition) is 3. The predicted octanol–water partition coefficient (Wildman–Crippen LogP) is 1.60. The Balaban J connectivity index is 2.27. The van der Waals surface area contributed by atoms with Gasteiger partial charge in [-0.2, -0.15) is 0 Å². The molecule has 14 heavy (non-hydrogen) atoms. The van der Waals surface area contributed by atoms with Crippen molar-refractivity contribution in [1.29, 1.82) is 0 Å². The van der Waals surface area contributed by atoms with Crippen LogP contribution in [-0.4, -0.2) is 22.4 Å². The number of hydrogen-bond donors (Lipinski definition) is 2. The highest BCUT2D eigenvalue weighted by atomic mass is 16.3. The fourth-order valence-electron chi connectivity index (χ4n) is 1.77. The Labute approximate surface area is 84.4 Å². The second-order valence-corrected chi connectivity index (χ2v) is 3.94. The number of benzene rings is 1. The molecule has 0 bridgehead atoms. The minimum Gasteiger partial charge on any atom is -0.361 e. The normalized spacial score (nSPS) is 21.9. The van der Waals surface area contributed by atoms with E-state index in [4.69, 9.17) is 0 Å². The zero-order valence-electron chi connectivity index (χ0n) is 8.57. The number of nitrogens with one attached hydrogen (secondary N) is 1. The summed E-state index contributed by atoms with van der Waals surface area (Å²) in [5.41, 5.74) is 2.28. The molecule has 0 spiro atoms. The van der Waals surface area contributed by atoms with E-state index in [0.29, 0.717) is 6.04 Å². The minimum atomic E-state index is -0.565. The quantitative estimate of drug-likeness (QED) is 0.709. The number of para-hydroxylation sites is 1. The summed E-state index contributed by atoms with van der Waals surface area (Å²) in [5.74, 6) is 0. The summed E-state index contributed by atoms with van der Waals surface area (Å²) in [6, 6.07) is 8.42. The van der Waals surface area contributed by atoms with Gasteiger partial charge in [-0.15, -0.1) is 0 Å². The van der Waals surface area contributed by atoms with Crippen LogP contribution in [-0.2, 0) is 6.54 Å². The summed E-state index contributed by atoms with van der Waals surface area (Å²) >= 11 is 0. The summed E-state index contributed by atoms with van der Waals surface area (Å²) < 4.78 is 0. The van der Waals surface area contributed by atoms with Crippen LogP contribution in [0.3, 0.4) is 0 Å². The summed E-state index contributed by atoms with van der Waals surface area (Å²) in [7, 11) is 0. The number of anilines is 1. The van der Waals surface area contributed by atoms with Crippen LogP contribution in [0.4, 0.5) is 5.69 Å². The molecule has 1 unspecified atom stereocenters. The Kier molecular flexibility index (Phi) is 2.44. The Hall–Kier alpha value is -1.06. The lowest BCUT2D eigenvalue weighted by molar-refractivity contribution is -0.00718. The molecule has 0 saturated heterocycles. The largest absolute Gasteiger partial charge is 0.361 e. The molecule has 0 saturated carbocycles. The van der Waals surface area contributed by atoms with Crippen molar-refractivity contribution >= 4 is 5.69 Å². The monoisotopic (exact) mass is 192 g/mol. The van der Waals surface area contributed by atoms with E-state index in [9.17, 15) is 5.11 Å². The first kappa shape index (κ1) is 9.49. The molecular weight excluding hydrogens is 176 g/mol. The number of fused-ring (bicyclic) bond motifs is 1. The fraction of sp³-hybridized carbons (Fsp3) is 0.455. The van der Waals surface area contributed by atoms with E-state index < -0.39 is 6.35 Å². The third kappa shape index (κ3) is 1.61. The number of aliphatic hydroxyl groups is 1. The average molecular weight is 192 g/mol. The highest BCUT2D eigenvalue weighted by molar-refractivity contribution is 5.52. The molecule has 1 aliphatic rings. The van der Waals surface area contributed by atoms with Gasteiger partial charge in [-0.05, 0) is 25.5 Å². The molecule has 1 aromatic rings. The van der Waals surface area contributed by atoms with Crippen molar-refractivity contribution in [3.8, 4) is 0 Å². The van der Waals surface area contributed by atoms with E-state index in [-0.39, 0.29) is 0 Å². The standard InChI is InChI=1S/C11H16N2O/c1-8(2)13-7-9-5-3-4-6-10(9)12-11(13)14/h3-6,8,11-12,14H,7H2,1-2H3. The molecule has 76 valence electrons. The summed E-state index contributed by atoms with van der Waals surface area (Å²) in [4.78, 5) is 2.02. The van der Waals surface area contributed by atoms with Gasteiger partial charge in [0.15, 0.2) is 6.35 Å². The first-order valence-electron chi connectivity index (χ1n) is 4.97. The Morgan fingerprint density at radius 3 is 2.86 bits per heavy atom. The van der Waals surface area contributed by atoms with E-state index in [1.165, 1.54) is 5.56 Å². The van der Waals surface area contributed by atoms with Gasteiger partial charge in [0, 0.05) is 18.3 Å². The second-order valence-electron chi connectivity index (χ2n) is 3.94. The lowest BCUT2D eigenvalue weighted by atomic mass is 10.1. The lowest BCUT2D eigenvalue weighted by Gasteiger charge is -2.37. The van der Waals surface area contributed by atoms with Gasteiger partial charge in [-0.3, -0.25) is 4.90 Å². The predicted molar refractivity (Wildman–Crippen MR) is 56.8 cm³/mol. The van der Waals surface area contributed by atoms with Crippen molar-refractivity contribution < 1.29 is 5.11 Å². The van der Waals surface area contributed by atoms with Gasteiger partial charge in [0.1, 0.15) is 0 Å². The van der Waals surface area contributed by atoms with Crippen LogP contribution in [0.15, 0.2) is 24.3 Å². The fourth-order valence-corrected chi connectivity index (χ4v) is 1.77. The zero-order valence-corrected chi connectivity index (χ0v) is 8.57. The zero-order chi connectivity index (χ0) is 10.1. The van der Waals surface area contributed by atoms with E-state index >= 15 is 0 Å². The third-order valence-electron chi connectivity index (χ3n) is 2.63. The molecule has 1 aliphatic heterocycles. The number of aliphatic hydroxyl groups excluding tert-OH is 1. The van der Waals surface area contributed by atoms with E-state index in [1.54, 1.807) is 0 Å². The summed E-state index contributed by atoms with van der Waals surface area (Å²) in [6.07, 6.45) is -0.565. The molecule has 1 atom stereocenters. The smallest absolute Gasteiger partial charge is 0.184 e. The highest BCUT2D eigenvalue weighted by Gasteiger charge is 2.24. The summed E-state index contributed by atoms with van der Waals surface area (Å²) in [5, 5.41) is 12.9. The van der Waals surface area contributed by atoms with Crippen molar-refractivity contribution in [3.63, 3.8) is 0 Å². The molecule has 1 heterocycles. The van der Waals surface area contributed by atoms with Gasteiger partial charge in [0.05, 0.1) is 0 Å². The molecule has 1 aromatic carbocycles. The maximum absolute atomic E-state index is 9.80. The van der Waals surface area contributed by atoms with Crippen molar-refractivity contribution in [3.05, 3.63) is 29.8 Å². The Bertz CT molecular complexity index is 325. The molecule has 3 nitrogen and oxygen atoms in total. The minimum absolute atomic E-state index is 0.339. The molecule has 2 N–H and O–H groups in total. The molecule has 0 fully saturated rings. The molecule has 3 heteroatoms. The van der Waals surface area contributed by atoms with Gasteiger partial charge in [-0.25, -0.2) is 0 Å². The van der Waals surface area contributed by atoms with Crippen LogP contribution in [0.2, 0.25) is 0 Å². The van der Waals surface area contributed by atoms with Gasteiger partial charge in [-0.1, -0.05) is 18.2 Å².